The molecule has 2 heterocycles. The minimum Gasteiger partial charge on any atom is -0.480 e. The number of carbonyl (C=O) groups is 8. The molecule has 0 aliphatic carbocycles. The summed E-state index contributed by atoms with van der Waals surface area (Å²) in [6.07, 6.45) is 2.57. The van der Waals surface area contributed by atoms with E-state index in [4.69, 9.17) is 10.2 Å². The van der Waals surface area contributed by atoms with Gasteiger partial charge in [0.05, 0.1) is 51.4 Å². The molecule has 1 aromatic carbocycles. The predicted molar refractivity (Wildman–Crippen MR) is 192 cm³/mol. The van der Waals surface area contributed by atoms with Crippen molar-refractivity contribution in [2.45, 2.75) is 55.5 Å². The number of unbranched alkanes of at least 4 members (excludes halogenated alkanes) is 1. The number of rotatable bonds is 26. The second-order valence-corrected chi connectivity index (χ2v) is 14.3. The first-order chi connectivity index (χ1) is 25.6. The smallest absolute Gasteiger partial charge is 0.317 e. The van der Waals surface area contributed by atoms with Crippen LogP contribution in [0, 0.1) is 49.4 Å². The molecule has 2 aliphatic heterocycles. The summed E-state index contributed by atoms with van der Waals surface area (Å²) in [5, 5.41) is 58.3. The van der Waals surface area contributed by atoms with Crippen molar-refractivity contribution in [3.8, 4) is 0 Å². The molecule has 1 aromatic rings. The van der Waals surface area contributed by atoms with Crippen molar-refractivity contribution < 1.29 is 113 Å². The van der Waals surface area contributed by atoms with Crippen molar-refractivity contribution in [2.75, 3.05) is 70.0 Å². The maximum atomic E-state index is 12.5. The summed E-state index contributed by atoms with van der Waals surface area (Å²) < 4.78 is 0. The van der Waals surface area contributed by atoms with Crippen molar-refractivity contribution in [2.24, 2.45) is 0 Å². The van der Waals surface area contributed by atoms with Crippen molar-refractivity contribution in [3.05, 3.63) is 29.8 Å². The second kappa shape index (κ2) is 24.3. The molecule has 4 atom stereocenters. The Kier molecular flexibility index (Phi) is 21.1. The van der Waals surface area contributed by atoms with Crippen LogP contribution >= 0.6 is 11.8 Å². The molecule has 0 spiro atoms. The van der Waals surface area contributed by atoms with Crippen LogP contribution < -0.4 is 21.3 Å². The van der Waals surface area contributed by atoms with Crippen LogP contribution in [0.1, 0.15) is 31.2 Å². The molecule has 0 saturated carbocycles. The van der Waals surface area contributed by atoms with Gasteiger partial charge in [-0.1, -0.05) is 18.6 Å². The summed E-state index contributed by atoms with van der Waals surface area (Å²) in [6.45, 7) is -3.95. The van der Waals surface area contributed by atoms with E-state index in [0.717, 1.165) is 28.4 Å². The topological polar surface area (TPSA) is 296 Å². The van der Waals surface area contributed by atoms with Gasteiger partial charge in [0.15, 0.2) is 0 Å². The molecule has 2 aliphatic rings. The molecule has 0 bridgehead atoms. The van der Waals surface area contributed by atoms with Crippen LogP contribution in [-0.4, -0.2) is 176 Å². The van der Waals surface area contributed by atoms with E-state index in [9.17, 15) is 53.7 Å². The minimum atomic E-state index is -1.33. The first kappa shape index (κ1) is 47.7. The van der Waals surface area contributed by atoms with Gasteiger partial charge in [-0.25, -0.2) is 4.79 Å². The number of nitrogens with zero attached hydrogens (tertiary/aromatic N) is 3. The molecular formula is C33H47EuN7O13S. The van der Waals surface area contributed by atoms with Gasteiger partial charge in [0, 0.05) is 98.2 Å². The van der Waals surface area contributed by atoms with Gasteiger partial charge in [-0.3, -0.25) is 48.3 Å². The molecule has 20 nitrogen and oxygen atoms in total. The fraction of sp³-hybridized carbons (Fsp3) is 0.576. The fourth-order valence-corrected chi connectivity index (χ4v) is 7.86. The van der Waals surface area contributed by atoms with Gasteiger partial charge in [0.1, 0.15) is 0 Å². The van der Waals surface area contributed by atoms with Gasteiger partial charge in [-0.15, -0.1) is 0 Å². The Hall–Kier alpha value is -3.41. The standard InChI is InChI=1S/C33H47N7O13S.Eu/c41-25(4-2-1-3-24-32-23(19-54-24)36-33(53)37-32)34-12-26(42)35-21-7-5-20(6-8-21)11-22(40(17-30(49)50)18-31(51)52)13-38(14-27(43)44)9-10-39(15-28(45)46)16-29(47)48;/h5-8,22-24,32H,1-4,9-19H2,(H,34,41)(H,35,42)(H,43,44)(H,45,46)(H,47,48)(H,49,50)(H,51,52)(H2,36,37,53);. The predicted octanol–water partition coefficient (Wildman–Crippen LogP) is -1.29. The van der Waals surface area contributed by atoms with Crippen LogP contribution in [0.4, 0.5) is 10.5 Å². The summed E-state index contributed by atoms with van der Waals surface area (Å²) in [5.41, 5.74) is 0.964. The zero-order valence-electron chi connectivity index (χ0n) is 29.9. The number of fused-ring (bicyclic) bond motifs is 1. The van der Waals surface area contributed by atoms with E-state index in [1.165, 1.54) is 4.90 Å². The molecule has 3 rings (SSSR count). The number of benzene rings is 1. The van der Waals surface area contributed by atoms with E-state index < -0.39 is 74.5 Å². The number of hydrogen-bond donors (Lipinski definition) is 9. The summed E-state index contributed by atoms with van der Waals surface area (Å²) >= 11 is 1.80. The summed E-state index contributed by atoms with van der Waals surface area (Å²) in [5.74, 6) is -6.42. The maximum absolute atomic E-state index is 12.5. The van der Waals surface area contributed by atoms with E-state index in [1.54, 1.807) is 36.0 Å². The van der Waals surface area contributed by atoms with Gasteiger partial charge in [-0.05, 0) is 37.0 Å². The van der Waals surface area contributed by atoms with Crippen LogP contribution in [-0.2, 0) is 40.0 Å². The van der Waals surface area contributed by atoms with E-state index in [0.29, 0.717) is 22.9 Å². The van der Waals surface area contributed by atoms with E-state index in [1.807, 2.05) is 0 Å². The third-order valence-electron chi connectivity index (χ3n) is 8.71. The number of carboxylic acid groups (broad SMARTS) is 5. The van der Waals surface area contributed by atoms with Crippen LogP contribution in [0.3, 0.4) is 0 Å². The number of anilines is 1. The summed E-state index contributed by atoms with van der Waals surface area (Å²) in [7, 11) is 0. The molecule has 305 valence electrons. The van der Waals surface area contributed by atoms with Gasteiger partial charge < -0.3 is 46.8 Å². The molecule has 4 amide bonds. The second-order valence-electron chi connectivity index (χ2n) is 13.1. The number of carbonyl (C=O) groups excluding carboxylic acids is 3. The van der Waals surface area contributed by atoms with Gasteiger partial charge in [0.2, 0.25) is 11.8 Å². The zero-order chi connectivity index (χ0) is 39.8. The normalized spacial score (nSPS) is 17.8. The molecule has 1 radical (unpaired) electrons. The third-order valence-corrected chi connectivity index (χ3v) is 10.2. The Morgan fingerprint density at radius 2 is 1.33 bits per heavy atom. The first-order valence-corrected chi connectivity index (χ1v) is 18.2. The van der Waals surface area contributed by atoms with E-state index in [2.05, 4.69) is 21.3 Å². The molecular weight excluding hydrogens is 886 g/mol. The number of amides is 4. The number of nitrogens with one attached hydrogen (secondary N) is 4. The first-order valence-electron chi connectivity index (χ1n) is 17.2. The molecule has 4 unspecified atom stereocenters. The number of urea groups is 1. The number of aliphatic carboxylic acids is 5. The van der Waals surface area contributed by atoms with Crippen molar-refractivity contribution in [1.82, 2.24) is 30.7 Å². The van der Waals surface area contributed by atoms with Gasteiger partial charge >= 0.3 is 35.9 Å². The van der Waals surface area contributed by atoms with E-state index >= 15 is 0 Å². The molecule has 22 heteroatoms. The third kappa shape index (κ3) is 18.4. The Bertz CT molecular complexity index is 1490. The number of thioether (sulfide) groups is 1. The Morgan fingerprint density at radius 3 is 1.91 bits per heavy atom. The Morgan fingerprint density at radius 1 is 0.764 bits per heavy atom. The average molecular weight is 934 g/mol. The van der Waals surface area contributed by atoms with Crippen molar-refractivity contribution in [3.63, 3.8) is 0 Å². The molecule has 2 fully saturated rings. The van der Waals surface area contributed by atoms with Crippen LogP contribution in [0.25, 0.3) is 0 Å². The average Bonchev–Trinajstić information content (AvgIpc) is 3.62. The quantitative estimate of drug-likeness (QED) is 0.0386. The Labute approximate surface area is 361 Å². The Balaban J connectivity index is 0.0000105. The summed E-state index contributed by atoms with van der Waals surface area (Å²) in [6, 6.07) is 5.55. The molecule has 55 heavy (non-hydrogen) atoms. The van der Waals surface area contributed by atoms with Gasteiger partial charge in [-0.2, -0.15) is 11.8 Å². The van der Waals surface area contributed by atoms with Crippen molar-refractivity contribution >= 4 is 65.1 Å². The van der Waals surface area contributed by atoms with E-state index in [-0.39, 0.29) is 112 Å². The summed E-state index contributed by atoms with van der Waals surface area (Å²) in [4.78, 5) is 97.5. The van der Waals surface area contributed by atoms with Crippen LogP contribution in [0.2, 0.25) is 0 Å². The molecule has 2 saturated heterocycles. The van der Waals surface area contributed by atoms with Crippen molar-refractivity contribution in [1.29, 1.82) is 0 Å². The minimum absolute atomic E-state index is 0. The van der Waals surface area contributed by atoms with Crippen LogP contribution in [0.15, 0.2) is 24.3 Å². The number of hydrogen-bond acceptors (Lipinski definition) is 12. The largest absolute Gasteiger partial charge is 0.480 e. The monoisotopic (exact) mass is 934 g/mol. The zero-order valence-corrected chi connectivity index (χ0v) is 33.1. The molecule has 9 N–H and O–H groups in total. The van der Waals surface area contributed by atoms with Gasteiger partial charge in [0.25, 0.3) is 0 Å². The molecule has 0 aromatic heterocycles. The fourth-order valence-electron chi connectivity index (χ4n) is 6.32. The SMILES string of the molecule is O=C(O)CN(CCN(CC(=O)O)CC(Cc1ccc(NC(=O)CNC(=O)CCCCC2SCC3NC(=O)NC32)cc1)N(CC(=O)O)CC(=O)O)CC(=O)O.[Eu]. The van der Waals surface area contributed by atoms with Crippen LogP contribution in [0.5, 0.6) is 0 Å². The maximum Gasteiger partial charge on any atom is 0.317 e. The number of carboxylic acids is 5.